The molecule has 1 amide bonds. The number of aryl methyl sites for hydroxylation is 1. The molecule has 0 saturated heterocycles. The van der Waals surface area contributed by atoms with Gasteiger partial charge in [-0.05, 0) is 55.2 Å². The van der Waals surface area contributed by atoms with Gasteiger partial charge in [0.1, 0.15) is 12.4 Å². The molecular formula is C24H21Cl3F3N3O2. The summed E-state index contributed by atoms with van der Waals surface area (Å²) in [5.74, 6) is 0.186. The van der Waals surface area contributed by atoms with E-state index >= 15 is 0 Å². The predicted octanol–water partition coefficient (Wildman–Crippen LogP) is 7.14. The fourth-order valence-electron chi connectivity index (χ4n) is 3.64. The van der Waals surface area contributed by atoms with Gasteiger partial charge < -0.3 is 10.1 Å². The first-order valence-electron chi connectivity index (χ1n) is 10.9. The van der Waals surface area contributed by atoms with Crippen molar-refractivity contribution in [2.75, 3.05) is 6.54 Å². The molecule has 1 fully saturated rings. The number of hydrogen-bond acceptors (Lipinski definition) is 3. The lowest BCUT2D eigenvalue weighted by atomic mass is 10.1. The zero-order valence-corrected chi connectivity index (χ0v) is 20.6. The molecule has 186 valence electrons. The number of halogens is 6. The Morgan fingerprint density at radius 1 is 1.14 bits per heavy atom. The number of amides is 1. The van der Waals surface area contributed by atoms with Crippen molar-refractivity contribution < 1.29 is 22.7 Å². The van der Waals surface area contributed by atoms with E-state index in [0.29, 0.717) is 33.5 Å². The summed E-state index contributed by atoms with van der Waals surface area (Å²) in [5, 5.41) is 7.06. The number of nitrogens with zero attached hydrogens (tertiary/aromatic N) is 2. The van der Waals surface area contributed by atoms with Crippen molar-refractivity contribution in [1.82, 2.24) is 15.1 Å². The lowest BCUT2D eigenvalue weighted by Gasteiger charge is -2.10. The van der Waals surface area contributed by atoms with Crippen molar-refractivity contribution in [3.8, 4) is 5.75 Å². The zero-order valence-electron chi connectivity index (χ0n) is 18.3. The highest BCUT2D eigenvalue weighted by Gasteiger charge is 2.41. The Bertz CT molecular complexity index is 1230. The molecule has 1 saturated carbocycles. The molecule has 0 radical (unpaired) electrons. The number of ether oxygens (including phenoxy) is 1. The molecule has 0 unspecified atom stereocenters. The van der Waals surface area contributed by atoms with E-state index in [1.165, 1.54) is 4.68 Å². The van der Waals surface area contributed by atoms with Crippen LogP contribution >= 0.6 is 34.8 Å². The topological polar surface area (TPSA) is 56.2 Å². The van der Waals surface area contributed by atoms with E-state index in [2.05, 4.69) is 10.4 Å². The first kappa shape index (κ1) is 25.7. The Labute approximate surface area is 215 Å². The van der Waals surface area contributed by atoms with Gasteiger partial charge in [0.05, 0.1) is 15.7 Å². The SMILES string of the molecule is O=C(NCCCn1nc(C(F)(F)F)c(Cl)c1C1CC1)c1cccc(COc2ccc(Cl)cc2Cl)c1. The molecule has 0 atom stereocenters. The number of aromatic nitrogens is 2. The molecule has 0 spiro atoms. The predicted molar refractivity (Wildman–Crippen MR) is 128 cm³/mol. The second kappa shape index (κ2) is 10.7. The number of hydrogen-bond donors (Lipinski definition) is 1. The van der Waals surface area contributed by atoms with Crippen LogP contribution in [0.1, 0.15) is 52.5 Å². The van der Waals surface area contributed by atoms with Crippen LogP contribution in [0.25, 0.3) is 0 Å². The maximum absolute atomic E-state index is 13.2. The maximum Gasteiger partial charge on any atom is 0.436 e. The monoisotopic (exact) mass is 545 g/mol. The highest BCUT2D eigenvalue weighted by atomic mass is 35.5. The van der Waals surface area contributed by atoms with Crippen molar-refractivity contribution in [3.05, 3.63) is 80.0 Å². The van der Waals surface area contributed by atoms with E-state index in [4.69, 9.17) is 39.5 Å². The summed E-state index contributed by atoms with van der Waals surface area (Å²) >= 11 is 18.0. The van der Waals surface area contributed by atoms with Crippen LogP contribution in [-0.2, 0) is 19.3 Å². The van der Waals surface area contributed by atoms with Gasteiger partial charge in [0.25, 0.3) is 5.91 Å². The summed E-state index contributed by atoms with van der Waals surface area (Å²) in [6.45, 7) is 0.689. The molecule has 35 heavy (non-hydrogen) atoms. The van der Waals surface area contributed by atoms with Crippen LogP contribution in [0, 0.1) is 0 Å². The summed E-state index contributed by atoms with van der Waals surface area (Å²) in [7, 11) is 0. The van der Waals surface area contributed by atoms with E-state index in [-0.39, 0.29) is 36.5 Å². The average molecular weight is 547 g/mol. The number of rotatable bonds is 9. The van der Waals surface area contributed by atoms with E-state index in [1.807, 2.05) is 6.07 Å². The minimum absolute atomic E-state index is 0.00778. The van der Waals surface area contributed by atoms with E-state index in [1.54, 1.807) is 36.4 Å². The lowest BCUT2D eigenvalue weighted by molar-refractivity contribution is -0.141. The van der Waals surface area contributed by atoms with Crippen molar-refractivity contribution in [1.29, 1.82) is 0 Å². The molecule has 1 heterocycles. The molecule has 2 aromatic carbocycles. The molecule has 0 aliphatic heterocycles. The second-order valence-corrected chi connectivity index (χ2v) is 9.44. The van der Waals surface area contributed by atoms with E-state index < -0.39 is 11.9 Å². The van der Waals surface area contributed by atoms with E-state index in [0.717, 1.165) is 18.4 Å². The average Bonchev–Trinajstić information content (AvgIpc) is 3.58. The highest BCUT2D eigenvalue weighted by molar-refractivity contribution is 6.35. The molecule has 0 bridgehead atoms. The largest absolute Gasteiger partial charge is 0.487 e. The summed E-state index contributed by atoms with van der Waals surface area (Å²) in [6.07, 6.45) is -2.61. The number of carbonyl (C=O) groups is 1. The summed E-state index contributed by atoms with van der Waals surface area (Å²) in [6, 6.07) is 11.8. The lowest BCUT2D eigenvalue weighted by Crippen LogP contribution is -2.25. The Hall–Kier alpha value is -2.42. The minimum Gasteiger partial charge on any atom is -0.487 e. The quantitative estimate of drug-likeness (QED) is 0.290. The molecule has 11 heteroatoms. The molecule has 5 nitrogen and oxygen atoms in total. The Morgan fingerprint density at radius 2 is 1.91 bits per heavy atom. The first-order chi connectivity index (χ1) is 16.6. The molecule has 3 aromatic rings. The zero-order chi connectivity index (χ0) is 25.2. The summed E-state index contributed by atoms with van der Waals surface area (Å²) in [5.41, 5.74) is 0.583. The molecule has 1 aliphatic rings. The third-order valence-corrected chi connectivity index (χ3v) is 6.38. The van der Waals surface area contributed by atoms with Gasteiger partial charge in [-0.15, -0.1) is 0 Å². The van der Waals surface area contributed by atoms with Gasteiger partial charge in [0, 0.05) is 29.6 Å². The summed E-state index contributed by atoms with van der Waals surface area (Å²) < 4.78 is 46.6. The van der Waals surface area contributed by atoms with Crippen molar-refractivity contribution in [2.24, 2.45) is 0 Å². The van der Waals surface area contributed by atoms with Gasteiger partial charge in [-0.2, -0.15) is 18.3 Å². The van der Waals surface area contributed by atoms with Crippen molar-refractivity contribution in [3.63, 3.8) is 0 Å². The van der Waals surface area contributed by atoms with Gasteiger partial charge in [-0.1, -0.05) is 46.9 Å². The van der Waals surface area contributed by atoms with Crippen molar-refractivity contribution in [2.45, 2.75) is 44.5 Å². The summed E-state index contributed by atoms with van der Waals surface area (Å²) in [4.78, 5) is 12.6. The van der Waals surface area contributed by atoms with Crippen LogP contribution in [-0.4, -0.2) is 22.2 Å². The van der Waals surface area contributed by atoms with Crippen LogP contribution in [0.5, 0.6) is 5.75 Å². The van der Waals surface area contributed by atoms with Gasteiger partial charge in [0.15, 0.2) is 5.69 Å². The normalized spacial score (nSPS) is 13.7. The maximum atomic E-state index is 13.2. The third kappa shape index (κ3) is 6.42. The number of alkyl halides is 3. The number of carbonyl (C=O) groups excluding carboxylic acids is 1. The Kier molecular flexibility index (Phi) is 7.83. The number of nitrogens with one attached hydrogen (secondary N) is 1. The fourth-order valence-corrected chi connectivity index (χ4v) is 4.50. The van der Waals surface area contributed by atoms with Crippen LogP contribution in [0.4, 0.5) is 13.2 Å². The second-order valence-electron chi connectivity index (χ2n) is 8.22. The van der Waals surface area contributed by atoms with Crippen LogP contribution in [0.15, 0.2) is 42.5 Å². The highest BCUT2D eigenvalue weighted by Crippen LogP contribution is 2.46. The fraction of sp³-hybridized carbons (Fsp3) is 0.333. The first-order valence-corrected chi connectivity index (χ1v) is 12.0. The number of benzene rings is 2. The van der Waals surface area contributed by atoms with Gasteiger partial charge in [-0.25, -0.2) is 0 Å². The minimum atomic E-state index is -4.60. The van der Waals surface area contributed by atoms with Gasteiger partial charge in [0.2, 0.25) is 0 Å². The molecule has 1 aromatic heterocycles. The van der Waals surface area contributed by atoms with Crippen LogP contribution in [0.3, 0.4) is 0 Å². The Balaban J connectivity index is 1.31. The third-order valence-electron chi connectivity index (χ3n) is 5.47. The van der Waals surface area contributed by atoms with Gasteiger partial charge in [-0.3, -0.25) is 9.48 Å². The molecule has 4 rings (SSSR count). The van der Waals surface area contributed by atoms with Crippen LogP contribution < -0.4 is 10.1 Å². The van der Waals surface area contributed by atoms with E-state index in [9.17, 15) is 18.0 Å². The standard InChI is InChI=1S/C24H21Cl3F3N3O2/c25-17-7-8-19(18(26)12-17)35-13-14-3-1-4-16(11-14)23(34)31-9-2-10-33-21(15-5-6-15)20(27)22(32-33)24(28,29)30/h1,3-4,7-8,11-12,15H,2,5-6,9-10,13H2,(H,31,34). The Morgan fingerprint density at radius 3 is 2.60 bits per heavy atom. The molecule has 1 N–H and O–H groups in total. The smallest absolute Gasteiger partial charge is 0.436 e. The van der Waals surface area contributed by atoms with Crippen molar-refractivity contribution >= 4 is 40.7 Å². The van der Waals surface area contributed by atoms with Gasteiger partial charge >= 0.3 is 6.18 Å². The molecular weight excluding hydrogens is 526 g/mol. The van der Waals surface area contributed by atoms with Crippen LogP contribution in [0.2, 0.25) is 15.1 Å². The molecule has 1 aliphatic carbocycles.